The summed E-state index contributed by atoms with van der Waals surface area (Å²) in [6.07, 6.45) is 0. The molecule has 0 fully saturated rings. The molecule has 0 aliphatic carbocycles. The smallest absolute Gasteiger partial charge is 0.271 e. The quantitative estimate of drug-likeness (QED) is 0.578. The predicted molar refractivity (Wildman–Crippen MR) is 72.6 cm³/mol. The second kappa shape index (κ2) is 5.81. The van der Waals surface area contributed by atoms with Gasteiger partial charge >= 0.3 is 0 Å². The predicted octanol–water partition coefficient (Wildman–Crippen LogP) is 2.07. The molecule has 0 spiro atoms. The molecular weight excluding hydrogens is 290 g/mol. The number of hydrazine groups is 1. The summed E-state index contributed by atoms with van der Waals surface area (Å²) < 4.78 is 0.843. The second-order valence-electron chi connectivity index (χ2n) is 3.08. The summed E-state index contributed by atoms with van der Waals surface area (Å²) in [5.74, 6) is -0.241. The van der Waals surface area contributed by atoms with Crippen LogP contribution in [-0.2, 0) is 0 Å². The fourth-order valence-electron chi connectivity index (χ4n) is 1.13. The van der Waals surface area contributed by atoms with Gasteiger partial charge in [0.1, 0.15) is 0 Å². The summed E-state index contributed by atoms with van der Waals surface area (Å²) in [5, 5.41) is 2.95. The molecule has 1 rings (SSSR count). The first kappa shape index (κ1) is 12.9. The number of hydrogen-bond donors (Lipinski definition) is 3. The average molecular weight is 302 g/mol. The molecule has 0 radical (unpaired) electrons. The normalized spacial score (nSPS) is 9.44. The Labute approximate surface area is 108 Å². The summed E-state index contributed by atoms with van der Waals surface area (Å²) in [4.78, 5) is 12.3. The molecule has 0 aliphatic rings. The standard InChI is InChI=1S/C10H12BrN3OS/c1-6(16)13-14-10(15)8-5-7(11)3-4-9(8)12-2/h3-5,12H,1-2H3,(H,13,16)(H,14,15). The van der Waals surface area contributed by atoms with E-state index in [1.165, 1.54) is 0 Å². The van der Waals surface area contributed by atoms with E-state index in [-0.39, 0.29) is 5.91 Å². The molecule has 1 amide bonds. The van der Waals surface area contributed by atoms with Gasteiger partial charge in [-0.15, -0.1) is 0 Å². The van der Waals surface area contributed by atoms with Gasteiger partial charge in [0.15, 0.2) is 0 Å². The molecule has 0 aromatic heterocycles. The van der Waals surface area contributed by atoms with E-state index >= 15 is 0 Å². The van der Waals surface area contributed by atoms with Gasteiger partial charge in [-0.25, -0.2) is 0 Å². The highest BCUT2D eigenvalue weighted by Crippen LogP contribution is 2.20. The number of rotatable bonds is 2. The lowest BCUT2D eigenvalue weighted by Gasteiger charge is -2.10. The topological polar surface area (TPSA) is 53.2 Å². The minimum absolute atomic E-state index is 0.241. The molecular formula is C10H12BrN3OS. The average Bonchev–Trinajstić information content (AvgIpc) is 2.25. The first-order chi connectivity index (χ1) is 7.54. The monoisotopic (exact) mass is 301 g/mol. The van der Waals surface area contributed by atoms with Crippen LogP contribution in [-0.4, -0.2) is 17.9 Å². The van der Waals surface area contributed by atoms with Crippen molar-refractivity contribution in [1.29, 1.82) is 0 Å². The summed E-state index contributed by atoms with van der Waals surface area (Å²) in [6.45, 7) is 1.69. The van der Waals surface area contributed by atoms with E-state index in [4.69, 9.17) is 12.2 Å². The van der Waals surface area contributed by atoms with E-state index in [1.807, 2.05) is 12.1 Å². The molecule has 0 aliphatic heterocycles. The first-order valence-electron chi connectivity index (χ1n) is 4.59. The maximum Gasteiger partial charge on any atom is 0.271 e. The Kier molecular flexibility index (Phi) is 4.70. The van der Waals surface area contributed by atoms with Crippen LogP contribution in [0.5, 0.6) is 0 Å². The van der Waals surface area contributed by atoms with E-state index in [1.54, 1.807) is 20.0 Å². The Morgan fingerprint density at radius 2 is 2.06 bits per heavy atom. The summed E-state index contributed by atoms with van der Waals surface area (Å²) in [6, 6.07) is 5.42. The van der Waals surface area contributed by atoms with Crippen LogP contribution in [0.3, 0.4) is 0 Å². The van der Waals surface area contributed by atoms with Gasteiger partial charge in [0.2, 0.25) is 0 Å². The molecule has 16 heavy (non-hydrogen) atoms. The molecule has 0 bridgehead atoms. The van der Waals surface area contributed by atoms with Crippen LogP contribution in [0, 0.1) is 0 Å². The number of hydrogen-bond acceptors (Lipinski definition) is 3. The van der Waals surface area contributed by atoms with Gasteiger partial charge < -0.3 is 5.32 Å². The van der Waals surface area contributed by atoms with E-state index < -0.39 is 0 Å². The van der Waals surface area contributed by atoms with Crippen molar-refractivity contribution in [1.82, 2.24) is 10.9 Å². The van der Waals surface area contributed by atoms with Gasteiger partial charge in [0.25, 0.3) is 5.91 Å². The zero-order valence-electron chi connectivity index (χ0n) is 8.93. The van der Waals surface area contributed by atoms with E-state index in [0.29, 0.717) is 10.6 Å². The van der Waals surface area contributed by atoms with E-state index in [0.717, 1.165) is 10.2 Å². The van der Waals surface area contributed by atoms with Gasteiger partial charge in [0.05, 0.1) is 10.6 Å². The Bertz CT molecular complexity index is 423. The van der Waals surface area contributed by atoms with E-state index in [9.17, 15) is 4.79 Å². The zero-order chi connectivity index (χ0) is 12.1. The Hall–Kier alpha value is -1.14. The number of amides is 1. The van der Waals surface area contributed by atoms with Crippen LogP contribution in [0.25, 0.3) is 0 Å². The largest absolute Gasteiger partial charge is 0.387 e. The third kappa shape index (κ3) is 3.46. The Morgan fingerprint density at radius 3 is 2.62 bits per heavy atom. The molecule has 6 heteroatoms. The minimum Gasteiger partial charge on any atom is -0.387 e. The number of thiocarbonyl (C=S) groups is 1. The lowest BCUT2D eigenvalue weighted by Crippen LogP contribution is -2.39. The Morgan fingerprint density at radius 1 is 1.38 bits per heavy atom. The van der Waals surface area contributed by atoms with Gasteiger partial charge in [-0.3, -0.25) is 15.6 Å². The number of carbonyl (C=O) groups is 1. The maximum atomic E-state index is 11.8. The number of anilines is 1. The number of benzene rings is 1. The summed E-state index contributed by atoms with van der Waals surface area (Å²) >= 11 is 8.12. The highest BCUT2D eigenvalue weighted by atomic mass is 79.9. The van der Waals surface area contributed by atoms with E-state index in [2.05, 4.69) is 32.1 Å². The van der Waals surface area contributed by atoms with Crippen molar-refractivity contribution in [3.8, 4) is 0 Å². The highest BCUT2D eigenvalue weighted by Gasteiger charge is 2.10. The zero-order valence-corrected chi connectivity index (χ0v) is 11.3. The number of halogens is 1. The van der Waals surface area contributed by atoms with Crippen LogP contribution in [0.4, 0.5) is 5.69 Å². The van der Waals surface area contributed by atoms with Crippen LogP contribution in [0.2, 0.25) is 0 Å². The fourth-order valence-corrected chi connectivity index (χ4v) is 1.55. The first-order valence-corrected chi connectivity index (χ1v) is 5.79. The highest BCUT2D eigenvalue weighted by molar-refractivity contribution is 9.10. The molecule has 0 unspecified atom stereocenters. The molecule has 1 aromatic rings. The van der Waals surface area contributed by atoms with Gasteiger partial charge in [-0.2, -0.15) is 0 Å². The third-order valence-corrected chi connectivity index (χ3v) is 2.44. The molecule has 0 saturated carbocycles. The SMILES string of the molecule is CNc1ccc(Br)cc1C(=O)NNC(C)=S. The molecule has 4 nitrogen and oxygen atoms in total. The molecule has 0 saturated heterocycles. The lowest BCUT2D eigenvalue weighted by molar-refractivity contribution is 0.0945. The minimum atomic E-state index is -0.241. The van der Waals surface area contributed by atoms with Gasteiger partial charge in [-0.05, 0) is 25.1 Å². The van der Waals surface area contributed by atoms with Crippen LogP contribution >= 0.6 is 28.1 Å². The maximum absolute atomic E-state index is 11.8. The van der Waals surface area contributed by atoms with Gasteiger partial charge in [0, 0.05) is 17.2 Å². The molecule has 0 heterocycles. The molecule has 0 atom stereocenters. The van der Waals surface area contributed by atoms with Gasteiger partial charge in [-0.1, -0.05) is 28.1 Å². The van der Waals surface area contributed by atoms with Crippen molar-refractivity contribution < 1.29 is 4.79 Å². The van der Waals surface area contributed by atoms with Crippen molar-refractivity contribution in [2.75, 3.05) is 12.4 Å². The van der Waals surface area contributed by atoms with Crippen molar-refractivity contribution in [2.45, 2.75) is 6.92 Å². The van der Waals surface area contributed by atoms with Crippen molar-refractivity contribution >= 4 is 44.7 Å². The third-order valence-electron chi connectivity index (χ3n) is 1.85. The molecule has 3 N–H and O–H groups in total. The molecule has 86 valence electrons. The van der Waals surface area contributed by atoms with Crippen LogP contribution < -0.4 is 16.2 Å². The number of carbonyl (C=O) groups excluding carboxylic acids is 1. The van der Waals surface area contributed by atoms with Crippen LogP contribution in [0.15, 0.2) is 22.7 Å². The fraction of sp³-hybridized carbons (Fsp3) is 0.200. The van der Waals surface area contributed by atoms with Crippen LogP contribution in [0.1, 0.15) is 17.3 Å². The number of nitrogens with one attached hydrogen (secondary N) is 3. The summed E-state index contributed by atoms with van der Waals surface area (Å²) in [7, 11) is 1.76. The van der Waals surface area contributed by atoms with Crippen molar-refractivity contribution in [3.05, 3.63) is 28.2 Å². The lowest BCUT2D eigenvalue weighted by atomic mass is 10.1. The Balaban J connectivity index is 2.88. The van der Waals surface area contributed by atoms with Crippen molar-refractivity contribution in [2.24, 2.45) is 0 Å². The second-order valence-corrected chi connectivity index (χ2v) is 4.60. The van der Waals surface area contributed by atoms with Crippen molar-refractivity contribution in [3.63, 3.8) is 0 Å². The summed E-state index contributed by atoms with van der Waals surface area (Å²) in [5.41, 5.74) is 6.41. The molecule has 1 aromatic carbocycles.